The van der Waals surface area contributed by atoms with Crippen molar-refractivity contribution in [2.75, 3.05) is 6.54 Å². The van der Waals surface area contributed by atoms with Crippen LogP contribution in [0.4, 0.5) is 0 Å². The minimum Gasteiger partial charge on any atom is -0.361 e. The van der Waals surface area contributed by atoms with E-state index in [0.717, 1.165) is 37.3 Å². The van der Waals surface area contributed by atoms with Crippen LogP contribution in [0.25, 0.3) is 0 Å². The van der Waals surface area contributed by atoms with Crippen LogP contribution in [0.2, 0.25) is 0 Å². The zero-order valence-electron chi connectivity index (χ0n) is 11.5. The van der Waals surface area contributed by atoms with Crippen molar-refractivity contribution >= 4 is 5.91 Å². The summed E-state index contributed by atoms with van der Waals surface area (Å²) in [5.74, 6) is 1.56. The summed E-state index contributed by atoms with van der Waals surface area (Å²) in [7, 11) is 0. The van der Waals surface area contributed by atoms with Gasteiger partial charge in [0.05, 0.1) is 5.69 Å². The Kier molecular flexibility index (Phi) is 4.96. The van der Waals surface area contributed by atoms with Crippen molar-refractivity contribution in [3.8, 4) is 0 Å². The fourth-order valence-corrected chi connectivity index (χ4v) is 2.66. The highest BCUT2D eigenvalue weighted by atomic mass is 16.5. The van der Waals surface area contributed by atoms with Crippen molar-refractivity contribution < 1.29 is 9.32 Å². The van der Waals surface area contributed by atoms with Gasteiger partial charge in [-0.2, -0.15) is 0 Å². The van der Waals surface area contributed by atoms with E-state index in [1.165, 1.54) is 6.42 Å². The second-order valence-corrected chi connectivity index (χ2v) is 5.51. The van der Waals surface area contributed by atoms with Crippen LogP contribution < -0.4 is 11.1 Å². The smallest absolute Gasteiger partial charge is 0.220 e. The molecule has 1 aromatic rings. The van der Waals surface area contributed by atoms with Gasteiger partial charge in [0.15, 0.2) is 0 Å². The minimum atomic E-state index is 0.0861. The first-order valence-electron chi connectivity index (χ1n) is 7.08. The quantitative estimate of drug-likeness (QED) is 0.817. The van der Waals surface area contributed by atoms with E-state index in [2.05, 4.69) is 10.5 Å². The van der Waals surface area contributed by atoms with Crippen LogP contribution in [0.1, 0.15) is 43.6 Å². The van der Waals surface area contributed by atoms with Crippen LogP contribution in [0.3, 0.4) is 0 Å². The number of carbonyl (C=O) groups excluding carboxylic acids is 1. The average molecular weight is 265 g/mol. The molecule has 1 aliphatic rings. The molecule has 1 amide bonds. The van der Waals surface area contributed by atoms with E-state index in [-0.39, 0.29) is 5.91 Å². The average Bonchev–Trinajstić information content (AvgIpc) is 2.96. The molecule has 1 heterocycles. The van der Waals surface area contributed by atoms with E-state index < -0.39 is 0 Å². The molecule has 0 saturated heterocycles. The Morgan fingerprint density at radius 1 is 1.58 bits per heavy atom. The van der Waals surface area contributed by atoms with Gasteiger partial charge in [-0.05, 0) is 38.5 Å². The lowest BCUT2D eigenvalue weighted by atomic mass is 10.0. The number of rotatable bonds is 6. The van der Waals surface area contributed by atoms with Gasteiger partial charge >= 0.3 is 0 Å². The maximum absolute atomic E-state index is 11.7. The van der Waals surface area contributed by atoms with Gasteiger partial charge < -0.3 is 15.6 Å². The highest BCUT2D eigenvalue weighted by Gasteiger charge is 2.21. The second-order valence-electron chi connectivity index (χ2n) is 5.51. The molecule has 1 aromatic heterocycles. The Balaban J connectivity index is 1.57. The largest absolute Gasteiger partial charge is 0.361 e. The molecule has 1 saturated carbocycles. The lowest BCUT2D eigenvalue weighted by Gasteiger charge is -2.10. The molecule has 5 nitrogen and oxygen atoms in total. The molecule has 0 spiro atoms. The van der Waals surface area contributed by atoms with E-state index >= 15 is 0 Å². The molecule has 2 rings (SSSR count). The van der Waals surface area contributed by atoms with Gasteiger partial charge in [0.2, 0.25) is 5.91 Å². The monoisotopic (exact) mass is 265 g/mol. The Morgan fingerprint density at radius 3 is 3.05 bits per heavy atom. The predicted molar refractivity (Wildman–Crippen MR) is 72.5 cm³/mol. The summed E-state index contributed by atoms with van der Waals surface area (Å²) in [6.45, 7) is 2.61. The van der Waals surface area contributed by atoms with Crippen molar-refractivity contribution in [2.45, 2.75) is 51.5 Å². The third-order valence-corrected chi connectivity index (χ3v) is 3.74. The third kappa shape index (κ3) is 4.67. The first kappa shape index (κ1) is 14.1. The van der Waals surface area contributed by atoms with Gasteiger partial charge in [0.1, 0.15) is 5.76 Å². The van der Waals surface area contributed by atoms with Gasteiger partial charge in [-0.25, -0.2) is 0 Å². The molecule has 0 unspecified atom stereocenters. The SMILES string of the molecule is Cc1cc(CCC(=O)NCC[C@@H]2CC[C@H](N)C2)no1. The lowest BCUT2D eigenvalue weighted by molar-refractivity contribution is -0.121. The number of aryl methyl sites for hydroxylation is 2. The van der Waals surface area contributed by atoms with Crippen molar-refractivity contribution in [2.24, 2.45) is 11.7 Å². The maximum atomic E-state index is 11.7. The van der Waals surface area contributed by atoms with Crippen LogP contribution in [0.5, 0.6) is 0 Å². The molecular formula is C14H23N3O2. The number of nitrogens with zero attached hydrogens (tertiary/aromatic N) is 1. The molecule has 1 fully saturated rings. The first-order chi connectivity index (χ1) is 9.13. The van der Waals surface area contributed by atoms with E-state index in [0.29, 0.717) is 24.8 Å². The number of nitrogens with two attached hydrogens (primary N) is 1. The fourth-order valence-electron chi connectivity index (χ4n) is 2.66. The number of amides is 1. The number of nitrogens with one attached hydrogen (secondary N) is 1. The van der Waals surface area contributed by atoms with Crippen molar-refractivity contribution in [1.82, 2.24) is 10.5 Å². The normalized spacial score (nSPS) is 22.6. The van der Waals surface area contributed by atoms with Gasteiger partial charge in [-0.1, -0.05) is 5.16 Å². The third-order valence-electron chi connectivity index (χ3n) is 3.74. The van der Waals surface area contributed by atoms with Crippen molar-refractivity contribution in [3.63, 3.8) is 0 Å². The van der Waals surface area contributed by atoms with E-state index in [4.69, 9.17) is 10.3 Å². The first-order valence-corrected chi connectivity index (χ1v) is 7.08. The molecule has 0 aromatic carbocycles. The Bertz CT molecular complexity index is 417. The summed E-state index contributed by atoms with van der Waals surface area (Å²) in [5, 5.41) is 6.83. The lowest BCUT2D eigenvalue weighted by Crippen LogP contribution is -2.26. The van der Waals surface area contributed by atoms with Crippen LogP contribution >= 0.6 is 0 Å². The van der Waals surface area contributed by atoms with Gasteiger partial charge in [-0.3, -0.25) is 4.79 Å². The van der Waals surface area contributed by atoms with E-state index in [1.807, 2.05) is 13.0 Å². The van der Waals surface area contributed by atoms with Crippen LogP contribution in [-0.2, 0) is 11.2 Å². The molecule has 0 radical (unpaired) electrons. The molecule has 1 aliphatic carbocycles. The van der Waals surface area contributed by atoms with E-state index in [9.17, 15) is 4.79 Å². The highest BCUT2D eigenvalue weighted by molar-refractivity contribution is 5.76. The molecule has 0 aliphatic heterocycles. The number of carbonyl (C=O) groups is 1. The standard InChI is InChI=1S/C14H23N3O2/c1-10-8-13(17-19-10)4-5-14(18)16-7-6-11-2-3-12(15)9-11/h8,11-12H,2-7,9,15H2,1H3,(H,16,18)/t11-,12-/m0/s1. The van der Waals surface area contributed by atoms with Gasteiger partial charge in [0.25, 0.3) is 0 Å². The summed E-state index contributed by atoms with van der Waals surface area (Å²) in [4.78, 5) is 11.7. The second kappa shape index (κ2) is 6.70. The zero-order valence-corrected chi connectivity index (χ0v) is 11.5. The van der Waals surface area contributed by atoms with Crippen LogP contribution in [0, 0.1) is 12.8 Å². The molecule has 5 heteroatoms. The number of aromatic nitrogens is 1. The summed E-state index contributed by atoms with van der Waals surface area (Å²) in [5.41, 5.74) is 6.71. The van der Waals surface area contributed by atoms with Crippen molar-refractivity contribution in [1.29, 1.82) is 0 Å². The summed E-state index contributed by atoms with van der Waals surface area (Å²) in [6, 6.07) is 2.24. The van der Waals surface area contributed by atoms with Gasteiger partial charge in [-0.15, -0.1) is 0 Å². The summed E-state index contributed by atoms with van der Waals surface area (Å²) < 4.78 is 4.96. The molecule has 0 bridgehead atoms. The minimum absolute atomic E-state index is 0.0861. The topological polar surface area (TPSA) is 81.2 Å². The van der Waals surface area contributed by atoms with Crippen molar-refractivity contribution in [3.05, 3.63) is 17.5 Å². The molecule has 3 N–H and O–H groups in total. The maximum Gasteiger partial charge on any atom is 0.220 e. The zero-order chi connectivity index (χ0) is 13.7. The summed E-state index contributed by atoms with van der Waals surface area (Å²) >= 11 is 0. The molecular weight excluding hydrogens is 242 g/mol. The number of hydrogen-bond donors (Lipinski definition) is 2. The Hall–Kier alpha value is -1.36. The fraction of sp³-hybridized carbons (Fsp3) is 0.714. The molecule has 106 valence electrons. The Morgan fingerprint density at radius 2 is 2.42 bits per heavy atom. The highest BCUT2D eigenvalue weighted by Crippen LogP contribution is 2.26. The molecule has 19 heavy (non-hydrogen) atoms. The number of hydrogen-bond acceptors (Lipinski definition) is 4. The molecule has 2 atom stereocenters. The van der Waals surface area contributed by atoms with Crippen LogP contribution in [-0.4, -0.2) is 23.7 Å². The summed E-state index contributed by atoms with van der Waals surface area (Å²) in [6.07, 6.45) is 5.59. The van der Waals surface area contributed by atoms with Crippen LogP contribution in [0.15, 0.2) is 10.6 Å². The van der Waals surface area contributed by atoms with E-state index in [1.54, 1.807) is 0 Å². The Labute approximate surface area is 113 Å². The predicted octanol–water partition coefficient (Wildman–Crippen LogP) is 1.55. The van der Waals surface area contributed by atoms with Gasteiger partial charge in [0, 0.05) is 31.5 Å².